The number of nitrogens with one attached hydrogen (secondary N) is 2. The molecule has 1 aromatic carbocycles. The number of carbonyl (C=O) groups excluding carboxylic acids is 1. The minimum Gasteiger partial charge on any atom is -0.495 e. The SMILES string of the molecule is COc1ccccc1N/C=C(/C#N)C(=O)NC(C)C12CC3CC(CC(C3)C1)C2. The van der Waals surface area contributed by atoms with Gasteiger partial charge in [-0.2, -0.15) is 5.26 Å². The largest absolute Gasteiger partial charge is 0.495 e. The Morgan fingerprint density at radius 3 is 2.39 bits per heavy atom. The average Bonchev–Trinajstić information content (AvgIpc) is 2.67. The van der Waals surface area contributed by atoms with Gasteiger partial charge in [0, 0.05) is 12.2 Å². The Bertz CT molecular complexity index is 788. The summed E-state index contributed by atoms with van der Waals surface area (Å²) in [7, 11) is 1.59. The highest BCUT2D eigenvalue weighted by Crippen LogP contribution is 2.61. The first-order chi connectivity index (χ1) is 13.5. The molecule has 1 unspecified atom stereocenters. The summed E-state index contributed by atoms with van der Waals surface area (Å²) in [5.74, 6) is 2.88. The van der Waals surface area contributed by atoms with Crippen molar-refractivity contribution in [2.45, 2.75) is 51.5 Å². The van der Waals surface area contributed by atoms with Gasteiger partial charge in [-0.25, -0.2) is 0 Å². The van der Waals surface area contributed by atoms with E-state index in [2.05, 4.69) is 17.6 Å². The summed E-state index contributed by atoms with van der Waals surface area (Å²) in [5, 5.41) is 15.7. The Balaban J connectivity index is 1.44. The fourth-order valence-electron chi connectivity index (χ4n) is 6.20. The highest BCUT2D eigenvalue weighted by Gasteiger charge is 2.53. The standard InChI is InChI=1S/C23H29N3O2/c1-15(23-10-16-7-17(11-23)9-18(8-16)12-23)26-22(27)19(13-24)14-25-20-5-3-4-6-21(20)28-2/h3-6,14-18,25H,7-12H2,1-2H3,(H,26,27)/b19-14-. The highest BCUT2D eigenvalue weighted by atomic mass is 16.5. The van der Waals surface area contributed by atoms with E-state index in [0.717, 1.165) is 23.4 Å². The van der Waals surface area contributed by atoms with Gasteiger partial charge in [-0.15, -0.1) is 0 Å². The van der Waals surface area contributed by atoms with Gasteiger partial charge in [-0.3, -0.25) is 4.79 Å². The molecule has 1 aromatic rings. The van der Waals surface area contributed by atoms with E-state index in [-0.39, 0.29) is 22.9 Å². The van der Waals surface area contributed by atoms with Crippen LogP contribution in [0.3, 0.4) is 0 Å². The molecule has 0 saturated heterocycles. The van der Waals surface area contributed by atoms with Crippen LogP contribution in [-0.2, 0) is 4.79 Å². The van der Waals surface area contributed by atoms with E-state index in [1.54, 1.807) is 7.11 Å². The molecule has 0 heterocycles. The maximum Gasteiger partial charge on any atom is 0.263 e. The number of hydrogen-bond acceptors (Lipinski definition) is 4. The Morgan fingerprint density at radius 2 is 1.82 bits per heavy atom. The van der Waals surface area contributed by atoms with Gasteiger partial charge in [0.1, 0.15) is 17.4 Å². The lowest BCUT2D eigenvalue weighted by molar-refractivity contribution is -0.122. The summed E-state index contributed by atoms with van der Waals surface area (Å²) in [6, 6.07) is 9.56. The first-order valence-corrected chi connectivity index (χ1v) is 10.3. The van der Waals surface area contributed by atoms with Crippen molar-refractivity contribution in [1.29, 1.82) is 5.26 Å². The minimum absolute atomic E-state index is 0.0856. The smallest absolute Gasteiger partial charge is 0.263 e. The van der Waals surface area contributed by atoms with Crippen LogP contribution >= 0.6 is 0 Å². The number of ether oxygens (including phenoxy) is 1. The Hall–Kier alpha value is -2.48. The second kappa shape index (κ2) is 7.50. The maximum atomic E-state index is 12.8. The minimum atomic E-state index is -0.298. The van der Waals surface area contributed by atoms with Crippen LogP contribution in [0.5, 0.6) is 5.75 Å². The normalized spacial score (nSPS) is 31.8. The molecular formula is C23H29N3O2. The molecule has 0 spiro atoms. The van der Waals surface area contributed by atoms with Crippen molar-refractivity contribution in [2.24, 2.45) is 23.2 Å². The summed E-state index contributed by atoms with van der Waals surface area (Å²) >= 11 is 0. The van der Waals surface area contributed by atoms with Crippen molar-refractivity contribution >= 4 is 11.6 Å². The van der Waals surface area contributed by atoms with Crippen LogP contribution < -0.4 is 15.4 Å². The zero-order valence-corrected chi connectivity index (χ0v) is 16.7. The van der Waals surface area contributed by atoms with Gasteiger partial charge in [0.05, 0.1) is 12.8 Å². The van der Waals surface area contributed by atoms with Crippen molar-refractivity contribution in [3.63, 3.8) is 0 Å². The van der Waals surface area contributed by atoms with Crippen LogP contribution in [0.4, 0.5) is 5.69 Å². The predicted molar refractivity (Wildman–Crippen MR) is 109 cm³/mol. The molecule has 2 N–H and O–H groups in total. The first kappa shape index (κ1) is 18.9. The van der Waals surface area contributed by atoms with Gasteiger partial charge in [0.15, 0.2) is 0 Å². The molecule has 0 aliphatic heterocycles. The second-order valence-electron chi connectivity index (χ2n) is 8.99. The predicted octanol–water partition coefficient (Wildman–Crippen LogP) is 4.24. The van der Waals surface area contributed by atoms with Crippen LogP contribution in [0.1, 0.15) is 45.4 Å². The summed E-state index contributed by atoms with van der Waals surface area (Å²) in [6.07, 6.45) is 9.30. The van der Waals surface area contributed by atoms with E-state index in [1.165, 1.54) is 44.7 Å². The van der Waals surface area contributed by atoms with Gasteiger partial charge in [0.25, 0.3) is 5.91 Å². The number of amides is 1. The maximum absolute atomic E-state index is 12.8. The third-order valence-electron chi connectivity index (χ3n) is 7.20. The lowest BCUT2D eigenvalue weighted by Crippen LogP contribution is -2.56. The third-order valence-corrected chi connectivity index (χ3v) is 7.20. The van der Waals surface area contributed by atoms with Crippen LogP contribution in [0.2, 0.25) is 0 Å². The number of rotatable bonds is 6. The van der Waals surface area contributed by atoms with Crippen LogP contribution in [0.25, 0.3) is 0 Å². The summed E-state index contributed by atoms with van der Waals surface area (Å²) in [4.78, 5) is 12.8. The molecule has 4 aliphatic carbocycles. The number of methoxy groups -OCH3 is 1. The molecule has 5 rings (SSSR count). The summed E-state index contributed by atoms with van der Waals surface area (Å²) < 4.78 is 5.30. The first-order valence-electron chi connectivity index (χ1n) is 10.3. The lowest BCUT2D eigenvalue weighted by atomic mass is 9.48. The number of anilines is 1. The van der Waals surface area contributed by atoms with E-state index >= 15 is 0 Å². The van der Waals surface area contributed by atoms with Gasteiger partial charge < -0.3 is 15.4 Å². The van der Waals surface area contributed by atoms with Crippen molar-refractivity contribution < 1.29 is 9.53 Å². The Morgan fingerprint density at radius 1 is 1.21 bits per heavy atom. The van der Waals surface area contributed by atoms with E-state index < -0.39 is 0 Å². The quantitative estimate of drug-likeness (QED) is 0.573. The fraction of sp³-hybridized carbons (Fsp3) is 0.565. The zero-order valence-electron chi connectivity index (χ0n) is 16.7. The number of carbonyl (C=O) groups is 1. The molecule has 1 atom stereocenters. The van der Waals surface area contributed by atoms with Gasteiger partial charge in [-0.1, -0.05) is 12.1 Å². The lowest BCUT2D eigenvalue weighted by Gasteiger charge is -2.59. The molecule has 5 nitrogen and oxygen atoms in total. The topological polar surface area (TPSA) is 74.1 Å². The molecule has 4 saturated carbocycles. The van der Waals surface area contributed by atoms with Crippen molar-refractivity contribution in [3.8, 4) is 11.8 Å². The van der Waals surface area contributed by atoms with Crippen molar-refractivity contribution in [2.75, 3.05) is 12.4 Å². The number of nitrogens with zero attached hydrogens (tertiary/aromatic N) is 1. The van der Waals surface area contributed by atoms with Gasteiger partial charge in [-0.05, 0) is 80.8 Å². The third kappa shape index (κ3) is 3.48. The van der Waals surface area contributed by atoms with Crippen molar-refractivity contribution in [3.05, 3.63) is 36.0 Å². The molecule has 5 heteroatoms. The number of nitriles is 1. The Kier molecular flexibility index (Phi) is 5.05. The summed E-state index contributed by atoms with van der Waals surface area (Å²) in [6.45, 7) is 2.13. The monoisotopic (exact) mass is 379 g/mol. The molecule has 148 valence electrons. The van der Waals surface area contributed by atoms with E-state index in [4.69, 9.17) is 4.74 Å². The molecule has 4 bridgehead atoms. The molecule has 28 heavy (non-hydrogen) atoms. The number of para-hydroxylation sites is 2. The Labute approximate surface area is 167 Å². The molecule has 0 radical (unpaired) electrons. The molecule has 4 aliphatic rings. The molecule has 4 fully saturated rings. The van der Waals surface area contributed by atoms with Gasteiger partial charge in [0.2, 0.25) is 0 Å². The molecule has 0 aromatic heterocycles. The molecule has 1 amide bonds. The van der Waals surface area contributed by atoms with E-state index in [9.17, 15) is 10.1 Å². The second-order valence-corrected chi connectivity index (χ2v) is 8.99. The zero-order chi connectivity index (χ0) is 19.7. The highest BCUT2D eigenvalue weighted by molar-refractivity contribution is 5.97. The van der Waals surface area contributed by atoms with Gasteiger partial charge >= 0.3 is 0 Å². The summed E-state index contributed by atoms with van der Waals surface area (Å²) in [5.41, 5.74) is 1.03. The van der Waals surface area contributed by atoms with Crippen LogP contribution in [0, 0.1) is 34.5 Å². The van der Waals surface area contributed by atoms with E-state index in [0.29, 0.717) is 5.75 Å². The van der Waals surface area contributed by atoms with Crippen LogP contribution in [-0.4, -0.2) is 19.1 Å². The number of hydrogen-bond donors (Lipinski definition) is 2. The molecular weight excluding hydrogens is 350 g/mol. The number of benzene rings is 1. The van der Waals surface area contributed by atoms with Crippen LogP contribution in [0.15, 0.2) is 36.0 Å². The fourth-order valence-corrected chi connectivity index (χ4v) is 6.20. The van der Waals surface area contributed by atoms with E-state index in [1.807, 2.05) is 30.3 Å². The average molecular weight is 380 g/mol. The van der Waals surface area contributed by atoms with Crippen molar-refractivity contribution in [1.82, 2.24) is 5.32 Å².